The van der Waals surface area contributed by atoms with Crippen LogP contribution in [0.15, 0.2) is 72.8 Å². The minimum atomic E-state index is -3.21. The smallest absolute Gasteiger partial charge is 0.410 e. The fourth-order valence-corrected chi connectivity index (χ4v) is 17.0. The second kappa shape index (κ2) is 45.7. The number of aromatic nitrogens is 4. The summed E-state index contributed by atoms with van der Waals surface area (Å²) < 4.78 is 227. The number of H-pyrrole nitrogens is 4. The van der Waals surface area contributed by atoms with Crippen molar-refractivity contribution in [2.45, 2.75) is 324 Å². The van der Waals surface area contributed by atoms with Crippen LogP contribution < -0.4 is 16.8 Å². The number of fused-ring (bicyclic) bond motifs is 4. The lowest BCUT2D eigenvalue weighted by Crippen LogP contribution is -2.55. The molecule has 758 valence electrons. The molecule has 0 unspecified atom stereocenters. The summed E-state index contributed by atoms with van der Waals surface area (Å²) in [4.78, 5) is 189. The van der Waals surface area contributed by atoms with E-state index in [0.29, 0.717) is 11.3 Å². The number of hydrogen-bond donors (Lipinski definition) is 7. The Balaban J connectivity index is 0.000000312. The summed E-state index contributed by atoms with van der Waals surface area (Å²) in [7, 11) is 0. The number of rotatable bonds is 30. The van der Waals surface area contributed by atoms with E-state index in [4.69, 9.17) is 52.8 Å². The zero-order valence-corrected chi connectivity index (χ0v) is 81.9. The van der Waals surface area contributed by atoms with Crippen molar-refractivity contribution in [1.29, 1.82) is 0 Å². The summed E-state index contributed by atoms with van der Waals surface area (Å²) in [6, 6.07) is 1.11. The predicted molar refractivity (Wildman–Crippen MR) is 514 cm³/mol. The van der Waals surface area contributed by atoms with Crippen LogP contribution >= 0.6 is 0 Å². The fourth-order valence-electron chi connectivity index (χ4n) is 17.0. The summed E-state index contributed by atoms with van der Waals surface area (Å²) in [6.45, 7) is 22.1. The number of likely N-dealkylation sites (tertiary alicyclic amines) is 4. The van der Waals surface area contributed by atoms with Crippen LogP contribution in [-0.4, -0.2) is 262 Å². The second-order valence-electron chi connectivity index (χ2n) is 38.0. The van der Waals surface area contributed by atoms with Crippen molar-refractivity contribution in [3.8, 4) is 22.8 Å². The lowest BCUT2D eigenvalue weighted by Gasteiger charge is -2.31. The number of aromatic amines is 4. The first-order valence-electron chi connectivity index (χ1n) is 53.4. The van der Waals surface area contributed by atoms with Crippen LogP contribution in [0.25, 0.3) is 66.4 Å². The van der Waals surface area contributed by atoms with Gasteiger partial charge in [-0.05, 0) is 222 Å². The van der Waals surface area contributed by atoms with E-state index in [-0.39, 0.29) is 163 Å². The standard InChI is InChI=1S/C57H77F2N7O12.C38H46F2N6O6.C7H14O2/c1-15-34(21-48(69)30(3)63(13)54(73)77-56(7,8)9)52(71)65-28-39(75-32(5)67)24-37(65)26-43-41-19-17-35(58)22-46(41)60-49(43)50-44(42-20-18-36(59)23-47(42)61-50)27-38-25-40(76-33(6)68)29-66(38)53(72)45(16-2)62-51(70)31(4)64(14)55(74)78-57(10,11)12;1-5-31(41)37(49)45-17-25(51-19(3)47)13-23(45)15-29-27-9-7-21(39)11-33(27)43-35(29)36-30(28-10-8-22(40)12-34(28)44-36)16-24-14-26(52-20(4)48)18-46(24)38(50)32(42)6-2;1-5-6(8)9-7(2,3)4/h17-20,22-23,30-31,34,37-40,45,60-61H,15-16,21,24-29H2,1-14H3,(H,62,70);7-12,23-26,31-32,43-44H,5-6,13-18,41-42H2,1-4H3;5H2,1-4H3/t30-,31-,34+,37-,38-,39-,40-,45-;23-,24-,25-,26-,31-,32-;/m00./s1/i13D3,14D3,26D2,27D2;15D2,16D2;. The quantitative estimate of drug-likeness (QED) is 0.0125. The van der Waals surface area contributed by atoms with Gasteiger partial charge >= 0.3 is 42.0 Å². The van der Waals surface area contributed by atoms with Gasteiger partial charge in [-0.15, -0.1) is 0 Å². The molecule has 33 nitrogen and oxygen atoms in total. The van der Waals surface area contributed by atoms with Gasteiger partial charge in [0.2, 0.25) is 29.5 Å². The average Bonchev–Trinajstić information content (AvgIpc) is 1.56. The number of ether oxygens (including phenoxy) is 7. The highest BCUT2D eigenvalue weighted by Gasteiger charge is 2.47. The maximum absolute atomic E-state index is 15.4. The first-order valence-corrected chi connectivity index (χ1v) is 46.4. The molecule has 14 atom stereocenters. The van der Waals surface area contributed by atoms with Crippen LogP contribution in [-0.2, 0) is 111 Å². The Kier molecular flexibility index (Phi) is 29.3. The van der Waals surface area contributed by atoms with Crippen LogP contribution in [0, 0.1) is 29.2 Å². The summed E-state index contributed by atoms with van der Waals surface area (Å²) in [5.74, 6) is -12.1. The molecule has 0 saturated carbocycles. The number of ketones is 1. The molecular formula is C102H137F4N13O20. The van der Waals surface area contributed by atoms with Gasteiger partial charge in [-0.25, -0.2) is 27.2 Å². The second-order valence-corrected chi connectivity index (χ2v) is 38.0. The Morgan fingerprint density at radius 3 is 0.971 bits per heavy atom. The predicted octanol–water partition coefficient (Wildman–Crippen LogP) is 14.1. The number of carbonyl (C=O) groups excluding carboxylic acids is 13. The molecule has 0 bridgehead atoms. The first-order chi connectivity index (χ1) is 70.6. The summed E-state index contributed by atoms with van der Waals surface area (Å²) >= 11 is 0. The minimum Gasteiger partial charge on any atom is -0.461 e. The molecule has 37 heteroatoms. The summed E-state index contributed by atoms with van der Waals surface area (Å²) in [6.07, 6.45) is -18.6. The van der Waals surface area contributed by atoms with Crippen molar-refractivity contribution in [3.63, 3.8) is 0 Å². The number of Topliss-reactive ketones (excluding diaryl/α,β-unsaturated/α-hetero) is 1. The van der Waals surface area contributed by atoms with E-state index in [1.807, 2.05) is 20.8 Å². The van der Waals surface area contributed by atoms with Crippen molar-refractivity contribution in [2.75, 3.05) is 40.1 Å². The molecule has 4 aliphatic heterocycles. The van der Waals surface area contributed by atoms with Gasteiger partial charge in [-0.1, -0.05) is 34.6 Å². The van der Waals surface area contributed by atoms with Crippen LogP contribution in [0.5, 0.6) is 0 Å². The molecule has 7 amide bonds. The monoisotopic (exact) mass is 1950 g/mol. The highest BCUT2D eigenvalue weighted by atomic mass is 19.1. The van der Waals surface area contributed by atoms with Gasteiger partial charge in [0, 0.05) is 173 Å². The van der Waals surface area contributed by atoms with E-state index in [9.17, 15) is 72.5 Å². The van der Waals surface area contributed by atoms with Gasteiger partial charge in [-0.2, -0.15) is 0 Å². The van der Waals surface area contributed by atoms with Crippen molar-refractivity contribution < 1.29 is 132 Å². The van der Waals surface area contributed by atoms with Crippen LogP contribution in [0.3, 0.4) is 0 Å². The van der Waals surface area contributed by atoms with Crippen LogP contribution in [0.2, 0.25) is 0 Å². The Morgan fingerprint density at radius 2 is 0.719 bits per heavy atom. The maximum atomic E-state index is 15.4. The SMILES string of the molecule is CCC(=O)OC(C)(C)C.[2H]C([2H])(c1c(-c2[nH]c3cc(F)ccc3c2C([2H])([2H])[C@@H]2C[C@H](OC(C)=O)CN2C(=O)[C@@H](N)CC)[nH]c2cc(F)ccc12)[C@@H]1C[C@H](OC(C)=O)CN1C(=O)[C@@H](N)CC.[2H]C([2H])(c1c(-c2[nH]c3cc(F)ccc3c2C([2H])([2H])[C@@H]2C[C@H](OC(C)=O)CN2C(=O)[C@H](CC)NC(=O)[C@H](C)N(C(=O)OC(C)(C)C)C([2H])([2H])[2H])[nH]c2cc(F)ccc12)[C@@H]1C[C@H](OC(C)=O)CN1C(=O)[C@H](CC)CC(=O)[C@H](C)N(C(=O)OC(C)(C)C)C([2H])([2H])[2H]. The molecule has 4 aromatic carbocycles. The van der Waals surface area contributed by atoms with Crippen molar-refractivity contribution >= 4 is 121 Å². The van der Waals surface area contributed by atoms with E-state index in [2.05, 4.69) is 25.3 Å². The Bertz CT molecular complexity index is 6170. The highest BCUT2D eigenvalue weighted by molar-refractivity contribution is 6.00. The number of benzene rings is 4. The van der Waals surface area contributed by atoms with E-state index in [1.54, 1.807) is 27.7 Å². The molecule has 4 aromatic heterocycles. The fraction of sp³-hybridized carbons (Fsp3) is 0.559. The van der Waals surface area contributed by atoms with Crippen molar-refractivity contribution in [2.24, 2.45) is 17.4 Å². The molecule has 139 heavy (non-hydrogen) atoms. The highest BCUT2D eigenvalue weighted by Crippen LogP contribution is 2.44. The lowest BCUT2D eigenvalue weighted by molar-refractivity contribution is -0.154. The molecule has 8 heterocycles. The summed E-state index contributed by atoms with van der Waals surface area (Å²) in [5.41, 5.74) is 8.38. The molecule has 0 spiro atoms. The van der Waals surface area contributed by atoms with Gasteiger partial charge in [0.25, 0.3) is 0 Å². The molecule has 9 N–H and O–H groups in total. The molecule has 4 saturated heterocycles. The molecule has 0 aliphatic carbocycles. The number of amides is 7. The number of likely N-dealkylation sites (N-methyl/N-ethyl adjacent to an activating group) is 2. The third-order valence-corrected chi connectivity index (χ3v) is 23.6. The van der Waals surface area contributed by atoms with E-state index < -0.39 is 256 Å². The normalized spacial score (nSPS) is 21.7. The molecule has 4 fully saturated rings. The Labute approximate surface area is 827 Å². The zero-order chi connectivity index (χ0) is 115. The Morgan fingerprint density at radius 1 is 0.432 bits per heavy atom. The Hall–Kier alpha value is -12.4. The number of halogens is 4. The van der Waals surface area contributed by atoms with Crippen LogP contribution in [0.1, 0.15) is 244 Å². The van der Waals surface area contributed by atoms with Gasteiger partial charge in [-0.3, -0.25) is 57.6 Å². The van der Waals surface area contributed by atoms with E-state index >= 15 is 18.4 Å². The van der Waals surface area contributed by atoms with Gasteiger partial charge in [0.1, 0.15) is 76.6 Å². The van der Waals surface area contributed by atoms with E-state index in [0.717, 1.165) is 79.1 Å². The number of carbonyl (C=O) groups is 13. The molecule has 0 radical (unpaired) electrons. The average molecular weight is 1960 g/mol. The molecule has 12 rings (SSSR count). The third-order valence-electron chi connectivity index (χ3n) is 23.6. The largest absolute Gasteiger partial charge is 0.461 e. The number of nitrogens with two attached hydrogens (primary N) is 2. The first kappa shape index (κ1) is 89.2. The van der Waals surface area contributed by atoms with Gasteiger partial charge in [0.05, 0.1) is 67.1 Å². The maximum Gasteiger partial charge on any atom is 0.410 e. The van der Waals surface area contributed by atoms with Crippen LogP contribution in [0.4, 0.5) is 27.2 Å². The summed E-state index contributed by atoms with van der Waals surface area (Å²) in [5, 5.41) is 2.88. The molecule has 8 aromatic rings. The van der Waals surface area contributed by atoms with Crippen molar-refractivity contribution in [3.05, 3.63) is 118 Å². The van der Waals surface area contributed by atoms with Gasteiger partial charge < -0.3 is 94.4 Å². The van der Waals surface area contributed by atoms with E-state index in [1.165, 1.54) is 103 Å². The number of nitrogens with zero attached hydrogens (tertiary/aromatic N) is 6. The zero-order valence-electron chi connectivity index (χ0n) is 95.9. The third kappa shape index (κ3) is 27.4. The minimum absolute atomic E-state index is 0.00361. The number of esters is 5. The molecule has 4 aliphatic rings. The number of hydrogen-bond acceptors (Lipinski definition) is 22. The van der Waals surface area contributed by atoms with Gasteiger partial charge in [0.15, 0.2) is 5.78 Å². The number of nitrogens with one attached hydrogen (secondary N) is 5. The topological polar surface area (TPSA) is 433 Å². The lowest BCUT2D eigenvalue weighted by atomic mass is 9.93. The molecular weight excluding hydrogens is 1800 g/mol. The van der Waals surface area contributed by atoms with Crippen molar-refractivity contribution in [1.82, 2.24) is 54.7 Å².